The molecule has 0 saturated carbocycles. The second kappa shape index (κ2) is 10.3. The van der Waals surface area contributed by atoms with E-state index < -0.39 is 0 Å². The van der Waals surface area contributed by atoms with E-state index >= 15 is 0 Å². The number of morpholine rings is 1. The number of thiazole rings is 1. The van der Waals surface area contributed by atoms with Crippen molar-refractivity contribution in [1.29, 1.82) is 0 Å². The maximum atomic E-state index is 13.5. The Morgan fingerprint density at radius 1 is 1.23 bits per heavy atom. The van der Waals surface area contributed by atoms with Crippen molar-refractivity contribution in [3.05, 3.63) is 52.5 Å². The third-order valence-corrected chi connectivity index (χ3v) is 7.74. The average molecular weight is 476 g/mol. The summed E-state index contributed by atoms with van der Waals surface area (Å²) in [5, 5.41) is 1.38. The Morgan fingerprint density at radius 3 is 2.65 bits per heavy atom. The number of hydrogen-bond donors (Lipinski definition) is 0. The van der Waals surface area contributed by atoms with Gasteiger partial charge in [0, 0.05) is 36.6 Å². The number of amides is 1. The Hall–Kier alpha value is -1.64. The second-order valence-electron chi connectivity index (χ2n) is 7.53. The van der Waals surface area contributed by atoms with Crippen LogP contribution in [0.5, 0.6) is 0 Å². The zero-order valence-corrected chi connectivity index (χ0v) is 20.2. The van der Waals surface area contributed by atoms with Crippen LogP contribution in [0, 0.1) is 6.92 Å². The first-order valence-corrected chi connectivity index (χ1v) is 12.8. The summed E-state index contributed by atoms with van der Waals surface area (Å²) < 4.78 is 6.37. The van der Waals surface area contributed by atoms with E-state index in [1.54, 1.807) is 11.8 Å². The summed E-state index contributed by atoms with van der Waals surface area (Å²) in [6.45, 7) is 7.01. The van der Waals surface area contributed by atoms with Crippen LogP contribution in [0.4, 0.5) is 5.13 Å². The molecule has 0 unspecified atom stereocenters. The SMILES string of the molecule is CSc1ccc(C(=O)N(CCCN2CCOCC2)c2nc3c(C)ccc(Cl)c3s2)cc1. The smallest absolute Gasteiger partial charge is 0.260 e. The molecule has 31 heavy (non-hydrogen) atoms. The molecule has 0 atom stereocenters. The molecular formula is C23H26ClN3O2S2. The molecule has 0 spiro atoms. The summed E-state index contributed by atoms with van der Waals surface area (Å²) in [6.07, 6.45) is 2.90. The number of rotatable bonds is 7. The number of anilines is 1. The predicted octanol–water partition coefficient (Wildman–Crippen LogP) is 5.35. The summed E-state index contributed by atoms with van der Waals surface area (Å²) in [6, 6.07) is 11.6. The van der Waals surface area contributed by atoms with Crippen LogP contribution in [-0.4, -0.2) is 61.4 Å². The number of aromatic nitrogens is 1. The summed E-state index contributed by atoms with van der Waals surface area (Å²) in [5.41, 5.74) is 2.61. The molecule has 1 aromatic heterocycles. The van der Waals surface area contributed by atoms with Gasteiger partial charge in [0.15, 0.2) is 5.13 Å². The van der Waals surface area contributed by atoms with Gasteiger partial charge in [-0.3, -0.25) is 14.6 Å². The highest BCUT2D eigenvalue weighted by atomic mass is 35.5. The van der Waals surface area contributed by atoms with Gasteiger partial charge in [-0.1, -0.05) is 29.0 Å². The van der Waals surface area contributed by atoms with Crippen molar-refractivity contribution in [1.82, 2.24) is 9.88 Å². The van der Waals surface area contributed by atoms with E-state index in [0.29, 0.717) is 22.3 Å². The number of fused-ring (bicyclic) bond motifs is 1. The molecule has 1 amide bonds. The molecule has 0 bridgehead atoms. The molecule has 2 heterocycles. The van der Waals surface area contributed by atoms with E-state index in [1.807, 2.05) is 54.5 Å². The van der Waals surface area contributed by atoms with Gasteiger partial charge in [0.2, 0.25) is 0 Å². The Balaban J connectivity index is 1.60. The van der Waals surface area contributed by atoms with Gasteiger partial charge in [-0.25, -0.2) is 4.98 Å². The van der Waals surface area contributed by atoms with Crippen LogP contribution in [-0.2, 0) is 4.74 Å². The van der Waals surface area contributed by atoms with Crippen molar-refractivity contribution in [3.63, 3.8) is 0 Å². The van der Waals surface area contributed by atoms with Crippen molar-refractivity contribution in [3.8, 4) is 0 Å². The molecule has 3 aromatic rings. The van der Waals surface area contributed by atoms with Gasteiger partial charge in [0.1, 0.15) is 0 Å². The molecule has 1 aliphatic rings. The number of hydrogen-bond acceptors (Lipinski definition) is 6. The molecule has 5 nitrogen and oxygen atoms in total. The Labute approximate surface area is 196 Å². The van der Waals surface area contributed by atoms with Crippen LogP contribution < -0.4 is 4.90 Å². The summed E-state index contributed by atoms with van der Waals surface area (Å²) >= 11 is 9.58. The minimum atomic E-state index is -0.0255. The van der Waals surface area contributed by atoms with Crippen LogP contribution in [0.25, 0.3) is 10.2 Å². The Morgan fingerprint density at radius 2 is 1.97 bits per heavy atom. The first kappa shape index (κ1) is 22.6. The third-order valence-electron chi connectivity index (χ3n) is 5.46. The molecule has 1 fully saturated rings. The standard InChI is InChI=1S/C23H26ClN3O2S2/c1-16-4-9-19(24)21-20(16)25-23(31-21)27(11-3-10-26-12-14-29-15-13-26)22(28)17-5-7-18(30-2)8-6-17/h4-9H,3,10-15H2,1-2H3. The number of carbonyl (C=O) groups excluding carboxylic acids is 1. The van der Waals surface area contributed by atoms with Gasteiger partial charge < -0.3 is 4.74 Å². The van der Waals surface area contributed by atoms with Gasteiger partial charge in [-0.2, -0.15) is 0 Å². The largest absolute Gasteiger partial charge is 0.379 e. The summed E-state index contributed by atoms with van der Waals surface area (Å²) in [7, 11) is 0. The predicted molar refractivity (Wildman–Crippen MR) is 131 cm³/mol. The fraction of sp³-hybridized carbons (Fsp3) is 0.391. The highest BCUT2D eigenvalue weighted by Crippen LogP contribution is 2.36. The number of ether oxygens (including phenoxy) is 1. The first-order chi connectivity index (χ1) is 15.1. The maximum absolute atomic E-state index is 13.5. The van der Waals surface area contributed by atoms with Crippen LogP contribution in [0.15, 0.2) is 41.3 Å². The Kier molecular flexibility index (Phi) is 7.51. The van der Waals surface area contributed by atoms with Crippen molar-refractivity contribution in [2.45, 2.75) is 18.2 Å². The first-order valence-electron chi connectivity index (χ1n) is 10.4. The van der Waals surface area contributed by atoms with Crippen molar-refractivity contribution >= 4 is 56.0 Å². The van der Waals surface area contributed by atoms with E-state index in [-0.39, 0.29) is 5.91 Å². The molecular weight excluding hydrogens is 450 g/mol. The van der Waals surface area contributed by atoms with E-state index in [1.165, 1.54) is 11.3 Å². The number of aryl methyl sites for hydroxylation is 1. The van der Waals surface area contributed by atoms with E-state index in [0.717, 1.165) is 59.9 Å². The number of carbonyl (C=O) groups is 1. The normalized spacial score (nSPS) is 14.8. The maximum Gasteiger partial charge on any atom is 0.260 e. The van der Waals surface area contributed by atoms with Gasteiger partial charge in [-0.15, -0.1) is 11.8 Å². The molecule has 1 aliphatic heterocycles. The van der Waals surface area contributed by atoms with Crippen molar-refractivity contribution < 1.29 is 9.53 Å². The lowest BCUT2D eigenvalue weighted by Gasteiger charge is -2.27. The fourth-order valence-corrected chi connectivity index (χ4v) is 5.41. The number of nitrogens with zero attached hydrogens (tertiary/aromatic N) is 3. The summed E-state index contributed by atoms with van der Waals surface area (Å²) in [5.74, 6) is -0.0255. The average Bonchev–Trinajstić information content (AvgIpc) is 3.26. The van der Waals surface area contributed by atoms with Crippen LogP contribution in [0.1, 0.15) is 22.3 Å². The lowest BCUT2D eigenvalue weighted by molar-refractivity contribution is 0.0376. The van der Waals surface area contributed by atoms with Crippen LogP contribution in [0.3, 0.4) is 0 Å². The van der Waals surface area contributed by atoms with Gasteiger partial charge in [0.05, 0.1) is 28.5 Å². The number of benzene rings is 2. The highest BCUT2D eigenvalue weighted by Gasteiger charge is 2.23. The van der Waals surface area contributed by atoms with Gasteiger partial charge in [0.25, 0.3) is 5.91 Å². The third kappa shape index (κ3) is 5.23. The van der Waals surface area contributed by atoms with Crippen molar-refractivity contribution in [2.24, 2.45) is 0 Å². The van der Waals surface area contributed by atoms with Gasteiger partial charge >= 0.3 is 0 Å². The minimum Gasteiger partial charge on any atom is -0.379 e. The molecule has 164 valence electrons. The van der Waals surface area contributed by atoms with Crippen LogP contribution in [0.2, 0.25) is 5.02 Å². The molecule has 0 aliphatic carbocycles. The molecule has 2 aromatic carbocycles. The minimum absolute atomic E-state index is 0.0255. The lowest BCUT2D eigenvalue weighted by atomic mass is 10.2. The zero-order valence-electron chi connectivity index (χ0n) is 17.8. The van der Waals surface area contributed by atoms with E-state index in [4.69, 9.17) is 21.3 Å². The zero-order chi connectivity index (χ0) is 21.8. The number of thioether (sulfide) groups is 1. The van der Waals surface area contributed by atoms with Crippen LogP contribution >= 0.6 is 34.7 Å². The molecule has 1 saturated heterocycles. The lowest BCUT2D eigenvalue weighted by Crippen LogP contribution is -2.39. The topological polar surface area (TPSA) is 45.7 Å². The molecule has 8 heteroatoms. The van der Waals surface area contributed by atoms with E-state index in [9.17, 15) is 4.79 Å². The molecule has 0 N–H and O–H groups in total. The monoisotopic (exact) mass is 475 g/mol. The highest BCUT2D eigenvalue weighted by molar-refractivity contribution is 7.98. The number of halogens is 1. The molecule has 4 rings (SSSR count). The van der Waals surface area contributed by atoms with Crippen molar-refractivity contribution in [2.75, 3.05) is 50.5 Å². The van der Waals surface area contributed by atoms with Gasteiger partial charge in [-0.05, 0) is 55.5 Å². The Bertz CT molecular complexity index is 1010. The fourth-order valence-electron chi connectivity index (χ4n) is 3.66. The molecule has 0 radical (unpaired) electrons. The quantitative estimate of drug-likeness (QED) is 0.431. The van der Waals surface area contributed by atoms with E-state index in [2.05, 4.69) is 4.90 Å². The summed E-state index contributed by atoms with van der Waals surface area (Å²) in [4.78, 5) is 23.7. The second-order valence-corrected chi connectivity index (χ2v) is 9.80.